The molecule has 2 heterocycles. The third-order valence-corrected chi connectivity index (χ3v) is 12.8. The van der Waals surface area contributed by atoms with Gasteiger partial charge in [-0.25, -0.2) is 0 Å². The lowest BCUT2D eigenvalue weighted by Crippen LogP contribution is -2.27. The van der Waals surface area contributed by atoms with E-state index in [4.69, 9.17) is 0 Å². The molecule has 56 heavy (non-hydrogen) atoms. The van der Waals surface area contributed by atoms with Crippen molar-refractivity contribution < 1.29 is 0 Å². The topological polar surface area (TPSA) is 31.6 Å². The summed E-state index contributed by atoms with van der Waals surface area (Å²) in [6.07, 6.45) is 11.8. The molecule has 6 aromatic carbocycles. The monoisotopic (exact) mass is 722 g/mol. The van der Waals surface area contributed by atoms with E-state index in [1.54, 1.807) is 0 Å². The summed E-state index contributed by atoms with van der Waals surface area (Å²) in [6.45, 7) is 9.39. The summed E-state index contributed by atoms with van der Waals surface area (Å²) in [5.74, 6) is 0.840. The van der Waals surface area contributed by atoms with Crippen LogP contribution in [-0.2, 0) is 0 Å². The summed E-state index contributed by atoms with van der Waals surface area (Å²) in [5, 5.41) is 8.00. The molecule has 2 N–H and O–H groups in total. The molecule has 0 bridgehead atoms. The first-order valence-electron chi connectivity index (χ1n) is 20.3. The predicted molar refractivity (Wildman–Crippen MR) is 235 cm³/mol. The molecule has 12 rings (SSSR count). The number of fused-ring (bicyclic) bond motifs is 12. The Labute approximate surface area is 328 Å². The van der Waals surface area contributed by atoms with Crippen molar-refractivity contribution in [2.75, 3.05) is 0 Å². The molecule has 0 aliphatic heterocycles. The third-order valence-electron chi connectivity index (χ3n) is 12.8. The number of nitrogens with one attached hydrogen (secondary N) is 2. The van der Waals surface area contributed by atoms with Crippen molar-refractivity contribution in [3.05, 3.63) is 188 Å². The van der Waals surface area contributed by atoms with Crippen molar-refractivity contribution in [2.45, 2.75) is 52.4 Å². The minimum absolute atomic E-state index is 0.176. The van der Waals surface area contributed by atoms with Crippen molar-refractivity contribution in [1.82, 2.24) is 9.97 Å². The molecule has 2 atom stereocenters. The molecular formula is C54H46N2. The second kappa shape index (κ2) is 12.2. The maximum absolute atomic E-state index is 3.75. The van der Waals surface area contributed by atoms with Gasteiger partial charge in [0.2, 0.25) is 0 Å². The molecule has 0 amide bonds. The fourth-order valence-electron chi connectivity index (χ4n) is 10.5. The van der Waals surface area contributed by atoms with E-state index in [0.29, 0.717) is 11.8 Å². The summed E-state index contributed by atoms with van der Waals surface area (Å²) in [6, 6.07) is 49.0. The van der Waals surface area contributed by atoms with Crippen LogP contribution in [0.2, 0.25) is 0 Å². The fraction of sp³-hybridized carbons (Fsp3) is 0.185. The van der Waals surface area contributed by atoms with Gasteiger partial charge in [-0.3, -0.25) is 0 Å². The van der Waals surface area contributed by atoms with Crippen molar-refractivity contribution >= 4 is 46.1 Å². The van der Waals surface area contributed by atoms with Crippen LogP contribution in [0.25, 0.3) is 68.4 Å². The highest BCUT2D eigenvalue weighted by Gasteiger charge is 2.33. The highest BCUT2D eigenvalue weighted by atomic mass is 14.7. The maximum atomic E-state index is 3.75. The number of hydrogen-bond donors (Lipinski definition) is 2. The van der Waals surface area contributed by atoms with Crippen molar-refractivity contribution in [2.24, 2.45) is 10.8 Å². The van der Waals surface area contributed by atoms with Crippen LogP contribution in [0.15, 0.2) is 133 Å². The number of rotatable bonds is 2. The Hall–Kier alpha value is -6.12. The van der Waals surface area contributed by atoms with E-state index in [-0.39, 0.29) is 10.8 Å². The molecule has 0 radical (unpaired) electrons. The predicted octanol–water partition coefficient (Wildman–Crippen LogP) is 10.6. The Morgan fingerprint density at radius 1 is 0.446 bits per heavy atom. The van der Waals surface area contributed by atoms with Crippen LogP contribution >= 0.6 is 0 Å². The lowest BCUT2D eigenvalue weighted by Gasteiger charge is -2.31. The van der Waals surface area contributed by atoms with Gasteiger partial charge in [0, 0.05) is 44.3 Å². The van der Waals surface area contributed by atoms with Crippen LogP contribution in [0, 0.1) is 10.8 Å². The Morgan fingerprint density at radius 2 is 0.839 bits per heavy atom. The number of H-pyrrole nitrogens is 2. The molecule has 2 heteroatoms. The van der Waals surface area contributed by atoms with Gasteiger partial charge in [-0.15, -0.1) is 0 Å². The quantitative estimate of drug-likeness (QED) is 0.178. The standard InChI is InChI=1S/2C27H23N/c2*1-27(2)15-23(17-8-4-3-5-9-17)26-22-14-21-19(13-24(22)28-25(26)16-27)12-18-10-6-7-11-20(18)21/h2*3-14,16,23,28H,15H2,1-2H3. The largest absolute Gasteiger partial charge is 0.355 e. The molecular weight excluding hydrogens is 677 g/mol. The van der Waals surface area contributed by atoms with Crippen LogP contribution in [0.3, 0.4) is 0 Å². The molecule has 4 aliphatic carbocycles. The lowest BCUT2D eigenvalue weighted by atomic mass is 9.72. The summed E-state index contributed by atoms with van der Waals surface area (Å²) < 4.78 is 0. The Bertz CT molecular complexity index is 2920. The van der Waals surface area contributed by atoms with Crippen molar-refractivity contribution in [3.8, 4) is 22.3 Å². The fourth-order valence-corrected chi connectivity index (χ4v) is 10.5. The van der Waals surface area contributed by atoms with E-state index in [2.05, 4.69) is 195 Å². The SMILES string of the molecule is CC1(C)C=c2[nH]c3cc4c(cc3c2C(c2ccccc2)C1)-c1ccccc1C=4.CC1(C)C=c2[nH]c3cc4c(cc3c2C(c2ccccc2)C1)-c1ccccc1C=4. The molecule has 0 fully saturated rings. The first-order chi connectivity index (χ1) is 27.2. The summed E-state index contributed by atoms with van der Waals surface area (Å²) in [4.78, 5) is 7.50. The minimum Gasteiger partial charge on any atom is -0.355 e. The van der Waals surface area contributed by atoms with Gasteiger partial charge in [-0.05, 0) is 126 Å². The minimum atomic E-state index is 0.176. The zero-order chi connectivity index (χ0) is 37.8. The van der Waals surface area contributed by atoms with Gasteiger partial charge in [-0.1, -0.05) is 149 Å². The zero-order valence-corrected chi connectivity index (χ0v) is 32.6. The van der Waals surface area contributed by atoms with Gasteiger partial charge in [0.05, 0.1) is 0 Å². The van der Waals surface area contributed by atoms with E-state index in [1.807, 2.05) is 0 Å². The van der Waals surface area contributed by atoms with Crippen LogP contribution in [0.5, 0.6) is 0 Å². The Morgan fingerprint density at radius 3 is 1.27 bits per heavy atom. The second-order valence-electron chi connectivity index (χ2n) is 17.9. The summed E-state index contributed by atoms with van der Waals surface area (Å²) in [7, 11) is 0. The van der Waals surface area contributed by atoms with Gasteiger partial charge in [0.1, 0.15) is 0 Å². The molecule has 0 spiro atoms. The van der Waals surface area contributed by atoms with Gasteiger partial charge in [0.15, 0.2) is 0 Å². The van der Waals surface area contributed by atoms with E-state index in [9.17, 15) is 0 Å². The second-order valence-corrected chi connectivity index (χ2v) is 17.9. The molecule has 2 nitrogen and oxygen atoms in total. The first kappa shape index (κ1) is 33.2. The normalized spacial score (nSPS) is 18.7. The van der Waals surface area contributed by atoms with E-state index in [0.717, 1.165) is 12.8 Å². The highest BCUT2D eigenvalue weighted by Crippen LogP contribution is 2.44. The highest BCUT2D eigenvalue weighted by molar-refractivity contribution is 5.95. The van der Waals surface area contributed by atoms with Crippen LogP contribution in [0.4, 0.5) is 0 Å². The van der Waals surface area contributed by atoms with E-state index < -0.39 is 0 Å². The van der Waals surface area contributed by atoms with Crippen LogP contribution < -0.4 is 21.1 Å². The Kier molecular flexibility index (Phi) is 7.23. The summed E-state index contributed by atoms with van der Waals surface area (Å²) in [5.41, 5.74) is 16.7. The van der Waals surface area contributed by atoms with Crippen molar-refractivity contribution in [1.29, 1.82) is 0 Å². The molecule has 272 valence electrons. The average Bonchev–Trinajstić information content (AvgIpc) is 3.94. The molecule has 0 saturated carbocycles. The molecule has 4 aliphatic rings. The summed E-state index contributed by atoms with van der Waals surface area (Å²) >= 11 is 0. The molecule has 2 aromatic heterocycles. The van der Waals surface area contributed by atoms with E-state index in [1.165, 1.54) is 98.6 Å². The number of aromatic nitrogens is 2. The van der Waals surface area contributed by atoms with E-state index >= 15 is 0 Å². The lowest BCUT2D eigenvalue weighted by molar-refractivity contribution is 0.428. The smallest absolute Gasteiger partial charge is 0.0468 e. The zero-order valence-electron chi connectivity index (χ0n) is 32.6. The van der Waals surface area contributed by atoms with Crippen molar-refractivity contribution in [3.63, 3.8) is 0 Å². The number of aromatic amines is 2. The van der Waals surface area contributed by atoms with Gasteiger partial charge >= 0.3 is 0 Å². The van der Waals surface area contributed by atoms with Gasteiger partial charge in [-0.2, -0.15) is 0 Å². The Balaban J connectivity index is 0.000000130. The third kappa shape index (κ3) is 5.38. The van der Waals surface area contributed by atoms with Gasteiger partial charge in [0.25, 0.3) is 0 Å². The number of benzene rings is 6. The molecule has 0 saturated heterocycles. The van der Waals surface area contributed by atoms with Crippen LogP contribution in [0.1, 0.15) is 85.8 Å². The molecule has 8 aromatic rings. The van der Waals surface area contributed by atoms with Crippen LogP contribution in [-0.4, -0.2) is 9.97 Å². The first-order valence-corrected chi connectivity index (χ1v) is 20.3. The average molecular weight is 723 g/mol. The molecule has 2 unspecified atom stereocenters. The van der Waals surface area contributed by atoms with Gasteiger partial charge < -0.3 is 9.97 Å². The number of hydrogen-bond acceptors (Lipinski definition) is 0. The maximum Gasteiger partial charge on any atom is 0.0468 e.